The van der Waals surface area contributed by atoms with Gasteiger partial charge in [0.25, 0.3) is 11.1 Å². The molecule has 170 valence electrons. The van der Waals surface area contributed by atoms with E-state index in [1.807, 2.05) is 0 Å². The van der Waals surface area contributed by atoms with E-state index in [-0.39, 0.29) is 40.5 Å². The standard InChI is InChI=1S/C22H17F3N4O3S/c1-13-8-18(29(27-13)17-7-3-6-16(10-17)22(23,24)25)26-20(31)15-5-2-4-14(9-15)11-28-19(30)12-33-21(28)32/h2-10H,11-12H2,1H3,(H,26,31). The highest BCUT2D eigenvalue weighted by atomic mass is 32.2. The van der Waals surface area contributed by atoms with Gasteiger partial charge in [-0.3, -0.25) is 19.3 Å². The highest BCUT2D eigenvalue weighted by molar-refractivity contribution is 8.14. The van der Waals surface area contributed by atoms with Crippen molar-refractivity contribution in [1.82, 2.24) is 14.7 Å². The summed E-state index contributed by atoms with van der Waals surface area (Å²) in [4.78, 5) is 37.6. The van der Waals surface area contributed by atoms with Gasteiger partial charge < -0.3 is 5.32 Å². The van der Waals surface area contributed by atoms with Crippen LogP contribution in [0.2, 0.25) is 0 Å². The lowest BCUT2D eigenvalue weighted by molar-refractivity contribution is -0.137. The Balaban J connectivity index is 1.57. The van der Waals surface area contributed by atoms with E-state index in [0.717, 1.165) is 28.8 Å². The second kappa shape index (κ2) is 8.74. The van der Waals surface area contributed by atoms with Gasteiger partial charge in [-0.25, -0.2) is 4.68 Å². The molecule has 2 heterocycles. The number of aromatic nitrogens is 2. The van der Waals surface area contributed by atoms with Crippen molar-refractivity contribution >= 4 is 34.6 Å². The number of thioether (sulfide) groups is 1. The molecule has 0 bridgehead atoms. The molecule has 1 aromatic heterocycles. The van der Waals surface area contributed by atoms with E-state index in [4.69, 9.17) is 0 Å². The zero-order valence-electron chi connectivity index (χ0n) is 17.2. The highest BCUT2D eigenvalue weighted by Crippen LogP contribution is 2.31. The molecule has 7 nitrogen and oxygen atoms in total. The van der Waals surface area contributed by atoms with E-state index in [9.17, 15) is 27.6 Å². The molecular weight excluding hydrogens is 457 g/mol. The summed E-state index contributed by atoms with van der Waals surface area (Å²) < 4.78 is 40.5. The molecule has 1 fully saturated rings. The number of anilines is 1. The molecule has 0 aliphatic carbocycles. The monoisotopic (exact) mass is 474 g/mol. The first-order valence-electron chi connectivity index (χ1n) is 9.73. The van der Waals surface area contributed by atoms with Gasteiger partial charge in [0.15, 0.2) is 0 Å². The van der Waals surface area contributed by atoms with Crippen molar-refractivity contribution in [3.63, 3.8) is 0 Å². The molecule has 1 saturated heterocycles. The number of carbonyl (C=O) groups is 3. The Morgan fingerprint density at radius 2 is 1.88 bits per heavy atom. The molecule has 11 heteroatoms. The smallest absolute Gasteiger partial charge is 0.306 e. The second-order valence-corrected chi connectivity index (χ2v) is 8.25. The number of benzene rings is 2. The fourth-order valence-electron chi connectivity index (χ4n) is 3.32. The Kier molecular flexibility index (Phi) is 5.98. The van der Waals surface area contributed by atoms with E-state index in [0.29, 0.717) is 11.3 Å². The number of rotatable bonds is 5. The Morgan fingerprint density at radius 1 is 1.12 bits per heavy atom. The molecule has 4 rings (SSSR count). The Hall–Kier alpha value is -3.60. The maximum atomic E-state index is 13.1. The van der Waals surface area contributed by atoms with Crippen LogP contribution < -0.4 is 5.32 Å². The Labute approximate surface area is 190 Å². The predicted molar refractivity (Wildman–Crippen MR) is 116 cm³/mol. The van der Waals surface area contributed by atoms with Gasteiger partial charge in [0.1, 0.15) is 5.82 Å². The van der Waals surface area contributed by atoms with Gasteiger partial charge in [0.2, 0.25) is 5.91 Å². The lowest BCUT2D eigenvalue weighted by Gasteiger charge is -2.14. The third-order valence-electron chi connectivity index (χ3n) is 4.86. The first-order valence-corrected chi connectivity index (χ1v) is 10.7. The summed E-state index contributed by atoms with van der Waals surface area (Å²) in [6.45, 7) is 1.70. The first kappa shape index (κ1) is 22.6. The number of nitrogens with zero attached hydrogens (tertiary/aromatic N) is 3. The van der Waals surface area contributed by atoms with Crippen molar-refractivity contribution in [3.05, 3.63) is 77.0 Å². The Bertz CT molecular complexity index is 1240. The van der Waals surface area contributed by atoms with Crippen molar-refractivity contribution in [2.75, 3.05) is 11.1 Å². The molecule has 33 heavy (non-hydrogen) atoms. The fraction of sp³-hybridized carbons (Fsp3) is 0.182. The van der Waals surface area contributed by atoms with Gasteiger partial charge in [0, 0.05) is 11.6 Å². The number of hydrogen-bond donors (Lipinski definition) is 1. The summed E-state index contributed by atoms with van der Waals surface area (Å²) in [5.74, 6) is -0.514. The number of carbonyl (C=O) groups excluding carboxylic acids is 3. The van der Waals surface area contributed by atoms with Gasteiger partial charge in [-0.1, -0.05) is 30.0 Å². The fourth-order valence-corrected chi connectivity index (χ4v) is 4.04. The molecule has 0 spiro atoms. The molecule has 0 saturated carbocycles. The van der Waals surface area contributed by atoms with Crippen LogP contribution in [-0.4, -0.2) is 37.5 Å². The van der Waals surface area contributed by atoms with Crippen LogP contribution in [0.1, 0.15) is 27.2 Å². The first-order chi connectivity index (χ1) is 15.6. The number of halogens is 3. The lowest BCUT2D eigenvalue weighted by Crippen LogP contribution is -2.28. The maximum absolute atomic E-state index is 13.1. The molecule has 2 aromatic carbocycles. The van der Waals surface area contributed by atoms with E-state index in [2.05, 4.69) is 10.4 Å². The SMILES string of the molecule is Cc1cc(NC(=O)c2cccc(CN3C(=O)CSC3=O)c2)n(-c2cccc(C(F)(F)F)c2)n1. The number of hydrogen-bond acceptors (Lipinski definition) is 5. The van der Waals surface area contributed by atoms with Crippen LogP contribution in [0, 0.1) is 6.92 Å². The summed E-state index contributed by atoms with van der Waals surface area (Å²) in [5.41, 5.74) is 0.663. The quantitative estimate of drug-likeness (QED) is 0.582. The third-order valence-corrected chi connectivity index (χ3v) is 5.72. The molecule has 3 aromatic rings. The van der Waals surface area contributed by atoms with Crippen LogP contribution in [0.15, 0.2) is 54.6 Å². The number of alkyl halides is 3. The summed E-state index contributed by atoms with van der Waals surface area (Å²) in [7, 11) is 0. The number of aryl methyl sites for hydroxylation is 1. The summed E-state index contributed by atoms with van der Waals surface area (Å²) in [5, 5.41) is 6.54. The molecular formula is C22H17F3N4O3S. The molecule has 0 radical (unpaired) electrons. The van der Waals surface area contributed by atoms with Gasteiger partial charge in [-0.15, -0.1) is 0 Å². The number of nitrogens with one attached hydrogen (secondary N) is 1. The molecule has 0 atom stereocenters. The maximum Gasteiger partial charge on any atom is 0.416 e. The highest BCUT2D eigenvalue weighted by Gasteiger charge is 2.31. The van der Waals surface area contributed by atoms with Gasteiger partial charge in [-0.05, 0) is 42.8 Å². The van der Waals surface area contributed by atoms with E-state index in [1.165, 1.54) is 16.8 Å². The van der Waals surface area contributed by atoms with Crippen LogP contribution in [0.5, 0.6) is 0 Å². The summed E-state index contributed by atoms with van der Waals surface area (Å²) in [6, 6.07) is 12.6. The molecule has 1 N–H and O–H groups in total. The van der Waals surface area contributed by atoms with Gasteiger partial charge in [-0.2, -0.15) is 18.3 Å². The number of imide groups is 1. The molecule has 3 amide bonds. The van der Waals surface area contributed by atoms with Crippen LogP contribution in [0.3, 0.4) is 0 Å². The minimum Gasteiger partial charge on any atom is -0.306 e. The van der Waals surface area contributed by atoms with Crippen molar-refractivity contribution in [2.45, 2.75) is 19.6 Å². The minimum absolute atomic E-state index is 0.0487. The second-order valence-electron chi connectivity index (χ2n) is 7.32. The summed E-state index contributed by atoms with van der Waals surface area (Å²) in [6.07, 6.45) is -4.52. The topological polar surface area (TPSA) is 84.3 Å². The van der Waals surface area contributed by atoms with Gasteiger partial charge >= 0.3 is 6.18 Å². The van der Waals surface area contributed by atoms with Crippen LogP contribution in [-0.2, 0) is 17.5 Å². The van der Waals surface area contributed by atoms with Gasteiger partial charge in [0.05, 0.1) is 29.2 Å². The zero-order chi connectivity index (χ0) is 23.8. The minimum atomic E-state index is -4.52. The predicted octanol–water partition coefficient (Wildman–Crippen LogP) is 4.65. The number of amides is 3. The average Bonchev–Trinajstić information content (AvgIpc) is 3.29. The Morgan fingerprint density at radius 3 is 2.58 bits per heavy atom. The molecule has 0 unspecified atom stereocenters. The average molecular weight is 474 g/mol. The largest absolute Gasteiger partial charge is 0.416 e. The molecule has 1 aliphatic heterocycles. The normalized spacial score (nSPS) is 14.1. The van der Waals surface area contributed by atoms with Crippen LogP contribution in [0.25, 0.3) is 5.69 Å². The van der Waals surface area contributed by atoms with Crippen LogP contribution >= 0.6 is 11.8 Å². The zero-order valence-corrected chi connectivity index (χ0v) is 18.0. The van der Waals surface area contributed by atoms with E-state index < -0.39 is 17.6 Å². The third kappa shape index (κ3) is 4.92. The van der Waals surface area contributed by atoms with E-state index >= 15 is 0 Å². The van der Waals surface area contributed by atoms with Crippen molar-refractivity contribution in [1.29, 1.82) is 0 Å². The summed E-state index contributed by atoms with van der Waals surface area (Å²) >= 11 is 0.927. The van der Waals surface area contributed by atoms with Crippen molar-refractivity contribution in [3.8, 4) is 5.69 Å². The molecule has 1 aliphatic rings. The van der Waals surface area contributed by atoms with Crippen molar-refractivity contribution in [2.24, 2.45) is 0 Å². The van der Waals surface area contributed by atoms with Crippen molar-refractivity contribution < 1.29 is 27.6 Å². The lowest BCUT2D eigenvalue weighted by atomic mass is 10.1. The van der Waals surface area contributed by atoms with Crippen LogP contribution in [0.4, 0.5) is 23.8 Å². The van der Waals surface area contributed by atoms with E-state index in [1.54, 1.807) is 37.3 Å².